The van der Waals surface area contributed by atoms with Crippen molar-refractivity contribution < 1.29 is 26.0 Å². The Morgan fingerprint density at radius 1 is 1.43 bits per heavy atom. The highest BCUT2D eigenvalue weighted by atomic mass is 35.5. The molecular weight excluding hydrogens is 353 g/mol. The van der Waals surface area contributed by atoms with Crippen molar-refractivity contribution >= 4 is 33.0 Å². The van der Waals surface area contributed by atoms with Crippen molar-refractivity contribution in [2.24, 2.45) is 0 Å². The maximum atomic E-state index is 12.6. The van der Waals surface area contributed by atoms with E-state index in [1.807, 2.05) is 0 Å². The zero-order chi connectivity index (χ0) is 15.7. The SMILES string of the molecule is O=S(=O)(c1cnc(Cl)s1)N(Cc1ccco1)CC(F)(F)F. The smallest absolute Gasteiger partial charge is 0.402 e. The quantitative estimate of drug-likeness (QED) is 0.821. The number of nitrogens with zero attached hydrogens (tertiary/aromatic N) is 2. The lowest BCUT2D eigenvalue weighted by molar-refractivity contribution is -0.137. The zero-order valence-electron chi connectivity index (χ0n) is 10.2. The van der Waals surface area contributed by atoms with Crippen molar-refractivity contribution in [2.45, 2.75) is 16.9 Å². The Morgan fingerprint density at radius 2 is 2.14 bits per heavy atom. The Hall–Kier alpha value is -1.10. The van der Waals surface area contributed by atoms with E-state index in [1.165, 1.54) is 18.4 Å². The number of rotatable bonds is 5. The lowest BCUT2D eigenvalue weighted by atomic mass is 10.4. The van der Waals surface area contributed by atoms with Gasteiger partial charge >= 0.3 is 6.18 Å². The van der Waals surface area contributed by atoms with Gasteiger partial charge in [0.05, 0.1) is 19.0 Å². The minimum Gasteiger partial charge on any atom is -0.468 e. The van der Waals surface area contributed by atoms with Gasteiger partial charge in [0.25, 0.3) is 10.0 Å². The molecule has 5 nitrogen and oxygen atoms in total. The van der Waals surface area contributed by atoms with Gasteiger partial charge in [0.15, 0.2) is 8.68 Å². The second kappa shape index (κ2) is 5.95. The fraction of sp³-hybridized carbons (Fsp3) is 0.300. The largest absolute Gasteiger partial charge is 0.468 e. The van der Waals surface area contributed by atoms with Crippen molar-refractivity contribution in [3.63, 3.8) is 0 Å². The summed E-state index contributed by atoms with van der Waals surface area (Å²) in [7, 11) is -4.36. The third kappa shape index (κ3) is 4.19. The van der Waals surface area contributed by atoms with Gasteiger partial charge in [-0.05, 0) is 12.1 Å². The van der Waals surface area contributed by atoms with E-state index in [0.29, 0.717) is 11.3 Å². The fourth-order valence-corrected chi connectivity index (χ4v) is 4.33. The summed E-state index contributed by atoms with van der Waals surface area (Å²) in [6.45, 7) is -2.17. The Labute approximate surface area is 127 Å². The monoisotopic (exact) mass is 360 g/mol. The van der Waals surface area contributed by atoms with Crippen LogP contribution < -0.4 is 0 Å². The van der Waals surface area contributed by atoms with Crippen LogP contribution in [0.25, 0.3) is 0 Å². The first-order chi connectivity index (χ1) is 9.68. The van der Waals surface area contributed by atoms with Gasteiger partial charge in [0.2, 0.25) is 0 Å². The molecule has 0 saturated heterocycles. The molecule has 2 aromatic rings. The normalized spacial score (nSPS) is 13.0. The molecule has 0 atom stereocenters. The lowest BCUT2D eigenvalue weighted by Crippen LogP contribution is -2.38. The molecule has 21 heavy (non-hydrogen) atoms. The van der Waals surface area contributed by atoms with E-state index >= 15 is 0 Å². The first kappa shape index (κ1) is 16.3. The molecule has 0 radical (unpaired) electrons. The van der Waals surface area contributed by atoms with Gasteiger partial charge in [0, 0.05) is 0 Å². The second-order valence-electron chi connectivity index (χ2n) is 3.90. The number of hydrogen-bond donors (Lipinski definition) is 0. The van der Waals surface area contributed by atoms with Gasteiger partial charge in [-0.3, -0.25) is 0 Å². The average molecular weight is 361 g/mol. The molecule has 0 spiro atoms. The zero-order valence-corrected chi connectivity index (χ0v) is 12.6. The highest BCUT2D eigenvalue weighted by Gasteiger charge is 2.38. The van der Waals surface area contributed by atoms with Crippen molar-refractivity contribution in [3.8, 4) is 0 Å². The van der Waals surface area contributed by atoms with Gasteiger partial charge in [0.1, 0.15) is 12.3 Å². The summed E-state index contributed by atoms with van der Waals surface area (Å²) in [5.41, 5.74) is 0. The first-order valence-corrected chi connectivity index (χ1v) is 8.02. The van der Waals surface area contributed by atoms with Crippen LogP contribution in [0.5, 0.6) is 0 Å². The summed E-state index contributed by atoms with van der Waals surface area (Å²) in [4.78, 5) is 3.53. The minimum absolute atomic E-state index is 0.0708. The van der Waals surface area contributed by atoms with E-state index in [0.717, 1.165) is 6.20 Å². The Bertz CT molecular complexity index is 697. The van der Waals surface area contributed by atoms with E-state index in [4.69, 9.17) is 16.0 Å². The summed E-state index contributed by atoms with van der Waals surface area (Å²) in [6.07, 6.45) is -2.51. The Kier molecular flexibility index (Phi) is 4.61. The molecule has 0 amide bonds. The van der Waals surface area contributed by atoms with Gasteiger partial charge in [-0.15, -0.1) is 0 Å². The number of halogens is 4. The number of sulfonamides is 1. The van der Waals surface area contributed by atoms with E-state index in [2.05, 4.69) is 4.98 Å². The number of aromatic nitrogens is 1. The van der Waals surface area contributed by atoms with Crippen LogP contribution in [0, 0.1) is 0 Å². The molecule has 0 aliphatic carbocycles. The van der Waals surface area contributed by atoms with Crippen LogP contribution in [0.2, 0.25) is 4.47 Å². The molecular formula is C10H8ClF3N2O3S2. The predicted molar refractivity (Wildman–Crippen MR) is 69.5 cm³/mol. The molecule has 0 unspecified atom stereocenters. The molecule has 0 fully saturated rings. The third-order valence-electron chi connectivity index (χ3n) is 2.32. The van der Waals surface area contributed by atoms with Crippen LogP contribution in [-0.4, -0.2) is 30.4 Å². The van der Waals surface area contributed by atoms with Gasteiger partial charge < -0.3 is 4.42 Å². The molecule has 0 aliphatic heterocycles. The predicted octanol–water partition coefficient (Wildman–Crippen LogP) is 3.14. The maximum absolute atomic E-state index is 12.6. The maximum Gasteiger partial charge on any atom is 0.402 e. The van der Waals surface area contributed by atoms with E-state index in [1.54, 1.807) is 0 Å². The van der Waals surface area contributed by atoms with E-state index < -0.39 is 29.3 Å². The Morgan fingerprint density at radius 3 is 2.62 bits per heavy atom. The molecule has 0 N–H and O–H groups in total. The molecule has 2 heterocycles. The summed E-state index contributed by atoms with van der Waals surface area (Å²) in [5.74, 6) is 0.0958. The van der Waals surface area contributed by atoms with Crippen LogP contribution in [0.3, 0.4) is 0 Å². The molecule has 0 bridgehead atoms. The van der Waals surface area contributed by atoms with Crippen molar-refractivity contribution in [2.75, 3.05) is 6.54 Å². The highest BCUT2D eigenvalue weighted by molar-refractivity contribution is 7.91. The summed E-state index contributed by atoms with van der Waals surface area (Å²) in [5, 5.41) is 0. The molecule has 0 saturated carbocycles. The van der Waals surface area contributed by atoms with E-state index in [-0.39, 0.29) is 18.7 Å². The van der Waals surface area contributed by atoms with Crippen LogP contribution in [0.4, 0.5) is 13.2 Å². The molecule has 116 valence electrons. The van der Waals surface area contributed by atoms with Crippen LogP contribution in [-0.2, 0) is 16.6 Å². The minimum atomic E-state index is -4.69. The van der Waals surface area contributed by atoms with E-state index in [9.17, 15) is 21.6 Å². The Balaban J connectivity index is 2.34. The van der Waals surface area contributed by atoms with Gasteiger partial charge in [-0.25, -0.2) is 13.4 Å². The fourth-order valence-electron chi connectivity index (χ4n) is 1.49. The van der Waals surface area contributed by atoms with Gasteiger partial charge in [-0.2, -0.15) is 17.5 Å². The number of furan rings is 1. The summed E-state index contributed by atoms with van der Waals surface area (Å²) in [6, 6.07) is 2.84. The van der Waals surface area contributed by atoms with Crippen LogP contribution in [0.1, 0.15) is 5.76 Å². The van der Waals surface area contributed by atoms with Crippen molar-refractivity contribution in [3.05, 3.63) is 34.8 Å². The molecule has 0 aliphatic rings. The lowest BCUT2D eigenvalue weighted by Gasteiger charge is -2.21. The molecule has 0 aromatic carbocycles. The van der Waals surface area contributed by atoms with Crippen LogP contribution >= 0.6 is 22.9 Å². The average Bonchev–Trinajstić information content (AvgIpc) is 2.98. The molecule has 2 rings (SSSR count). The summed E-state index contributed by atoms with van der Waals surface area (Å²) < 4.78 is 67.1. The topological polar surface area (TPSA) is 63.4 Å². The van der Waals surface area contributed by atoms with Crippen molar-refractivity contribution in [1.82, 2.24) is 9.29 Å². The second-order valence-corrected chi connectivity index (χ2v) is 7.68. The molecule has 11 heteroatoms. The number of alkyl halides is 3. The number of hydrogen-bond acceptors (Lipinski definition) is 5. The van der Waals surface area contributed by atoms with Crippen LogP contribution in [0.15, 0.2) is 33.2 Å². The van der Waals surface area contributed by atoms with Crippen molar-refractivity contribution in [1.29, 1.82) is 0 Å². The third-order valence-corrected chi connectivity index (χ3v) is 5.66. The standard InChI is InChI=1S/C10H8ClF3N2O3S2/c11-9-15-4-8(20-9)21(17,18)16(6-10(12,13)14)5-7-2-1-3-19-7/h1-4H,5-6H2. The van der Waals surface area contributed by atoms with Gasteiger partial charge in [-0.1, -0.05) is 22.9 Å². The first-order valence-electron chi connectivity index (χ1n) is 5.39. The molecule has 2 aromatic heterocycles. The number of thiazole rings is 1. The highest BCUT2D eigenvalue weighted by Crippen LogP contribution is 2.29. The summed E-state index contributed by atoms with van der Waals surface area (Å²) >= 11 is 6.12.